The van der Waals surface area contributed by atoms with E-state index in [4.69, 9.17) is 28.7 Å². The second-order valence-corrected chi connectivity index (χ2v) is 12.8. The quantitative estimate of drug-likeness (QED) is 0.143. The lowest BCUT2D eigenvalue weighted by Gasteiger charge is -2.26. The number of nitrogens with zero attached hydrogens (tertiary/aromatic N) is 2. The Kier molecular flexibility index (Phi) is 10.5. The number of benzene rings is 4. The fraction of sp³-hybridized carbons (Fsp3) is 0.184. The molecule has 12 heteroatoms. The van der Waals surface area contributed by atoms with Crippen LogP contribution in [0.3, 0.4) is 0 Å². The topological polar surface area (TPSA) is 97.6 Å². The minimum absolute atomic E-state index is 0.0116. The van der Waals surface area contributed by atoms with Gasteiger partial charge < -0.3 is 23.7 Å². The molecule has 0 fully saturated rings. The molecule has 2 heterocycles. The van der Waals surface area contributed by atoms with Gasteiger partial charge in [-0.05, 0) is 70.4 Å². The third-order valence-electron chi connectivity index (χ3n) is 7.98. The Balaban J connectivity index is 1.52. The zero-order valence-electron chi connectivity index (χ0n) is 27.6. The highest BCUT2D eigenvalue weighted by Crippen LogP contribution is 2.39. The van der Waals surface area contributed by atoms with E-state index in [-0.39, 0.29) is 30.2 Å². The smallest absolute Gasteiger partial charge is 0.338 e. The van der Waals surface area contributed by atoms with Crippen molar-refractivity contribution in [3.63, 3.8) is 0 Å². The van der Waals surface area contributed by atoms with Crippen LogP contribution in [-0.4, -0.2) is 38.5 Å². The first-order chi connectivity index (χ1) is 24.3. The summed E-state index contributed by atoms with van der Waals surface area (Å²) in [7, 11) is 4.56. The van der Waals surface area contributed by atoms with Gasteiger partial charge in [-0.1, -0.05) is 65.9 Å². The maximum atomic E-state index is 14.4. The largest absolute Gasteiger partial charge is 0.493 e. The molecule has 0 amide bonds. The van der Waals surface area contributed by atoms with Gasteiger partial charge in [-0.15, -0.1) is 0 Å². The van der Waals surface area contributed by atoms with Crippen LogP contribution in [0.25, 0.3) is 11.8 Å². The molecule has 5 aromatic rings. The van der Waals surface area contributed by atoms with Gasteiger partial charge in [0.1, 0.15) is 12.4 Å². The normalized spacial score (nSPS) is 14.1. The Morgan fingerprint density at radius 1 is 0.940 bits per heavy atom. The Hall–Kier alpha value is -5.20. The minimum atomic E-state index is -0.905. The summed E-state index contributed by atoms with van der Waals surface area (Å²) in [4.78, 5) is 33.5. The number of ether oxygens (including phenoxy) is 5. The van der Waals surface area contributed by atoms with E-state index in [9.17, 15) is 14.0 Å². The first-order valence-electron chi connectivity index (χ1n) is 15.5. The van der Waals surface area contributed by atoms with Crippen LogP contribution in [0.15, 0.2) is 105 Å². The molecule has 1 atom stereocenters. The van der Waals surface area contributed by atoms with Crippen LogP contribution in [0, 0.1) is 5.82 Å². The van der Waals surface area contributed by atoms with Gasteiger partial charge in [0.05, 0.1) is 54.3 Å². The van der Waals surface area contributed by atoms with E-state index in [1.807, 2.05) is 30.3 Å². The molecule has 0 radical (unpaired) electrons. The number of carbonyl (C=O) groups is 1. The molecule has 0 saturated heterocycles. The van der Waals surface area contributed by atoms with Gasteiger partial charge in [-0.25, -0.2) is 14.2 Å². The number of methoxy groups -OCH3 is 3. The second-order valence-electron chi connectivity index (χ2n) is 11.0. The summed E-state index contributed by atoms with van der Waals surface area (Å²) in [5.74, 6) is 0.729. The average Bonchev–Trinajstić information content (AvgIpc) is 3.44. The molecule has 1 aromatic heterocycles. The second kappa shape index (κ2) is 15.1. The zero-order chi connectivity index (χ0) is 35.4. The highest BCUT2D eigenvalue weighted by molar-refractivity contribution is 9.10. The van der Waals surface area contributed by atoms with E-state index < -0.39 is 12.0 Å². The predicted molar refractivity (Wildman–Crippen MR) is 192 cm³/mol. The van der Waals surface area contributed by atoms with Gasteiger partial charge >= 0.3 is 5.97 Å². The number of hydrogen-bond acceptors (Lipinski definition) is 9. The van der Waals surface area contributed by atoms with Crippen LogP contribution in [0.5, 0.6) is 23.0 Å². The van der Waals surface area contributed by atoms with Crippen molar-refractivity contribution in [2.75, 3.05) is 27.9 Å². The van der Waals surface area contributed by atoms with Crippen molar-refractivity contribution in [2.45, 2.75) is 19.6 Å². The molecule has 50 heavy (non-hydrogen) atoms. The molecule has 1 aliphatic heterocycles. The van der Waals surface area contributed by atoms with Crippen LogP contribution in [0.1, 0.15) is 35.2 Å². The maximum Gasteiger partial charge on any atom is 0.338 e. The molecular weight excluding hydrogens is 727 g/mol. The standard InChI is InChI=1S/C38H32BrFN2O7S/c1-5-48-37(44)32-33(23-11-7-6-8-12-23)41-38-42(34(32)24-15-16-28(45-2)29(20-24)46-3)36(43)31(50-38)19-22-17-26(39)35(30(18-22)47-4)49-21-25-13-9-10-14-27(25)40/h6-20,34H,5,21H2,1-4H3/b31-19-/t34-/m0/s1. The van der Waals surface area contributed by atoms with E-state index in [2.05, 4.69) is 15.9 Å². The lowest BCUT2D eigenvalue weighted by Crippen LogP contribution is -2.40. The zero-order valence-corrected chi connectivity index (χ0v) is 30.0. The van der Waals surface area contributed by atoms with E-state index in [1.165, 1.54) is 43.3 Å². The van der Waals surface area contributed by atoms with E-state index >= 15 is 0 Å². The summed E-state index contributed by atoms with van der Waals surface area (Å²) < 4.78 is 44.9. The summed E-state index contributed by atoms with van der Waals surface area (Å²) in [6.07, 6.45) is 1.72. The number of rotatable bonds is 11. The van der Waals surface area contributed by atoms with Gasteiger partial charge in [-0.3, -0.25) is 9.36 Å². The predicted octanol–water partition coefficient (Wildman–Crippen LogP) is 6.44. The van der Waals surface area contributed by atoms with E-state index in [0.29, 0.717) is 64.8 Å². The molecular formula is C38H32BrFN2O7S. The molecule has 4 aromatic carbocycles. The van der Waals surface area contributed by atoms with E-state index in [1.54, 1.807) is 61.5 Å². The van der Waals surface area contributed by atoms with Gasteiger partial charge in [0.15, 0.2) is 27.8 Å². The SMILES string of the molecule is CCOC(=O)C1=C(c2ccccc2)N=c2s/c(=C\c3cc(Br)c(OCc4ccccc4F)c(OC)c3)c(=O)n2[C@H]1c1ccc(OC)c(OC)c1. The molecule has 0 aliphatic carbocycles. The molecule has 0 saturated carbocycles. The lowest BCUT2D eigenvalue weighted by atomic mass is 9.93. The van der Waals surface area contributed by atoms with Crippen molar-refractivity contribution in [2.24, 2.45) is 4.99 Å². The third kappa shape index (κ3) is 6.81. The number of hydrogen-bond donors (Lipinski definition) is 0. The van der Waals surface area contributed by atoms with Crippen molar-refractivity contribution in [1.29, 1.82) is 0 Å². The number of aromatic nitrogens is 1. The first-order valence-corrected chi connectivity index (χ1v) is 17.1. The lowest BCUT2D eigenvalue weighted by molar-refractivity contribution is -0.138. The van der Waals surface area contributed by atoms with Crippen LogP contribution >= 0.6 is 27.3 Å². The highest BCUT2D eigenvalue weighted by Gasteiger charge is 2.35. The summed E-state index contributed by atoms with van der Waals surface area (Å²) in [5, 5.41) is 0. The Labute approximate surface area is 299 Å². The molecule has 9 nitrogen and oxygen atoms in total. The summed E-state index contributed by atoms with van der Waals surface area (Å²) in [6, 6.07) is 23.6. The molecule has 0 spiro atoms. The number of halogens is 2. The van der Waals surface area contributed by atoms with Gasteiger partial charge in [0.2, 0.25) is 0 Å². The Bertz CT molecular complexity index is 2280. The Morgan fingerprint density at radius 2 is 1.66 bits per heavy atom. The first kappa shape index (κ1) is 34.7. The molecule has 1 aliphatic rings. The molecule has 0 N–H and O–H groups in total. The fourth-order valence-electron chi connectivity index (χ4n) is 5.66. The molecule has 0 bridgehead atoms. The van der Waals surface area contributed by atoms with Crippen molar-refractivity contribution in [1.82, 2.24) is 4.57 Å². The highest BCUT2D eigenvalue weighted by atomic mass is 79.9. The molecule has 6 rings (SSSR count). The van der Waals surface area contributed by atoms with Crippen LogP contribution in [0.4, 0.5) is 4.39 Å². The third-order valence-corrected chi connectivity index (χ3v) is 9.55. The van der Waals surface area contributed by atoms with Crippen molar-refractivity contribution >= 4 is 45.0 Å². The van der Waals surface area contributed by atoms with Crippen LogP contribution in [-0.2, 0) is 16.1 Å². The number of thiazole rings is 1. The summed E-state index contributed by atoms with van der Waals surface area (Å²) >= 11 is 4.75. The number of esters is 1. The molecule has 0 unspecified atom stereocenters. The number of fused-ring (bicyclic) bond motifs is 1. The van der Waals surface area contributed by atoms with Crippen molar-refractivity contribution in [3.05, 3.63) is 143 Å². The van der Waals surface area contributed by atoms with Crippen LogP contribution < -0.4 is 33.8 Å². The number of carbonyl (C=O) groups excluding carboxylic acids is 1. The minimum Gasteiger partial charge on any atom is -0.493 e. The fourth-order valence-corrected chi connectivity index (χ4v) is 7.23. The van der Waals surface area contributed by atoms with Crippen molar-refractivity contribution in [3.8, 4) is 23.0 Å². The summed E-state index contributed by atoms with van der Waals surface area (Å²) in [6.45, 7) is 1.84. The van der Waals surface area contributed by atoms with Gasteiger partial charge in [0, 0.05) is 11.1 Å². The van der Waals surface area contributed by atoms with Gasteiger partial charge in [-0.2, -0.15) is 0 Å². The van der Waals surface area contributed by atoms with Gasteiger partial charge in [0.25, 0.3) is 5.56 Å². The summed E-state index contributed by atoms with van der Waals surface area (Å²) in [5.41, 5.74) is 2.57. The monoisotopic (exact) mass is 758 g/mol. The average molecular weight is 760 g/mol. The maximum absolute atomic E-state index is 14.4. The molecule has 256 valence electrons. The van der Waals surface area contributed by atoms with Crippen LogP contribution in [0.2, 0.25) is 0 Å². The van der Waals surface area contributed by atoms with E-state index in [0.717, 1.165) is 0 Å². The van der Waals surface area contributed by atoms with Crippen molar-refractivity contribution < 1.29 is 32.9 Å². The Morgan fingerprint density at radius 3 is 2.36 bits per heavy atom.